The van der Waals surface area contributed by atoms with Gasteiger partial charge in [-0.1, -0.05) is 36.0 Å². The van der Waals surface area contributed by atoms with Crippen molar-refractivity contribution in [1.82, 2.24) is 10.2 Å². The van der Waals surface area contributed by atoms with E-state index in [1.807, 2.05) is 42.5 Å². The van der Waals surface area contributed by atoms with Crippen molar-refractivity contribution in [1.29, 1.82) is 0 Å². The molecular weight excluding hydrogens is 507 g/mol. The van der Waals surface area contributed by atoms with Crippen LogP contribution >= 0.6 is 11.8 Å². The molecule has 0 fully saturated rings. The van der Waals surface area contributed by atoms with Crippen molar-refractivity contribution < 1.29 is 23.5 Å². The molecule has 0 bridgehead atoms. The second-order valence-corrected chi connectivity index (χ2v) is 9.54. The Kier molecular flexibility index (Phi) is 7.32. The Balaban J connectivity index is 1.29. The lowest BCUT2D eigenvalue weighted by Gasteiger charge is -2.25. The molecule has 2 aliphatic rings. The number of aliphatic imine (C=N–C) groups is 2. The highest BCUT2D eigenvalue weighted by atomic mass is 32.2. The fraction of sp³-hybridized carbons (Fsp3) is 0.179. The number of hydrogen-bond donors (Lipinski definition) is 1. The van der Waals surface area contributed by atoms with Crippen LogP contribution in [-0.4, -0.2) is 52.4 Å². The van der Waals surface area contributed by atoms with Gasteiger partial charge >= 0.3 is 0 Å². The van der Waals surface area contributed by atoms with E-state index >= 15 is 0 Å². The van der Waals surface area contributed by atoms with E-state index in [0.29, 0.717) is 34.4 Å². The first kappa shape index (κ1) is 25.3. The molecule has 3 aromatic carbocycles. The number of thioether (sulfide) groups is 1. The molecule has 2 heterocycles. The molecule has 0 unspecified atom stereocenters. The molecule has 0 spiro atoms. The van der Waals surface area contributed by atoms with Crippen LogP contribution in [0.2, 0.25) is 0 Å². The van der Waals surface area contributed by atoms with Crippen LogP contribution in [0.25, 0.3) is 0 Å². The van der Waals surface area contributed by atoms with E-state index in [9.17, 15) is 18.8 Å². The van der Waals surface area contributed by atoms with Gasteiger partial charge in [-0.2, -0.15) is 0 Å². The summed E-state index contributed by atoms with van der Waals surface area (Å²) in [5.41, 5.74) is 2.56. The Morgan fingerprint density at radius 2 is 1.79 bits per heavy atom. The molecule has 0 radical (unpaired) electrons. The largest absolute Gasteiger partial charge is 0.497 e. The molecule has 0 aromatic heterocycles. The molecule has 192 valence electrons. The predicted octanol–water partition coefficient (Wildman–Crippen LogP) is 4.12. The zero-order chi connectivity index (χ0) is 26.6. The number of amides is 2. The maximum atomic E-state index is 13.4. The molecule has 0 aliphatic carbocycles. The van der Waals surface area contributed by atoms with Crippen LogP contribution in [0.15, 0.2) is 82.8 Å². The molecule has 1 atom stereocenters. The van der Waals surface area contributed by atoms with Crippen LogP contribution in [0.5, 0.6) is 5.75 Å². The van der Waals surface area contributed by atoms with E-state index in [0.717, 1.165) is 23.1 Å². The van der Waals surface area contributed by atoms with Gasteiger partial charge in [-0.15, -0.1) is 0 Å². The van der Waals surface area contributed by atoms with Crippen molar-refractivity contribution in [3.63, 3.8) is 0 Å². The normalized spacial score (nSPS) is 15.8. The second kappa shape index (κ2) is 11.0. The zero-order valence-corrected chi connectivity index (χ0v) is 21.2. The van der Waals surface area contributed by atoms with E-state index in [1.165, 1.54) is 29.2 Å². The summed E-state index contributed by atoms with van der Waals surface area (Å²) in [7, 11) is 1.58. The van der Waals surface area contributed by atoms with Crippen molar-refractivity contribution in [3.8, 4) is 5.75 Å². The molecule has 0 saturated heterocycles. The smallest absolute Gasteiger partial charge is 0.259 e. The van der Waals surface area contributed by atoms with E-state index in [4.69, 9.17) is 4.74 Å². The van der Waals surface area contributed by atoms with Gasteiger partial charge in [0.1, 0.15) is 23.4 Å². The number of ether oxygens (including phenoxy) is 1. The number of Topliss-reactive ketones (excluding diaryl/α,β-unsaturated/α-hetero) is 1. The lowest BCUT2D eigenvalue weighted by atomic mass is 10.1. The van der Waals surface area contributed by atoms with Gasteiger partial charge in [0.05, 0.1) is 25.0 Å². The molecule has 8 nitrogen and oxygen atoms in total. The first-order valence-electron chi connectivity index (χ1n) is 11.8. The second-order valence-electron chi connectivity index (χ2n) is 8.60. The van der Waals surface area contributed by atoms with Gasteiger partial charge in [0.2, 0.25) is 5.91 Å². The lowest BCUT2D eigenvalue weighted by Crippen LogP contribution is -2.42. The summed E-state index contributed by atoms with van der Waals surface area (Å²) in [6.07, 6.45) is -0.121. The molecule has 38 heavy (non-hydrogen) atoms. The van der Waals surface area contributed by atoms with Gasteiger partial charge < -0.3 is 10.1 Å². The minimum atomic E-state index is -0.911. The zero-order valence-electron chi connectivity index (χ0n) is 20.4. The highest BCUT2D eigenvalue weighted by molar-refractivity contribution is 8.14. The number of methoxy groups -OCH3 is 1. The molecule has 0 saturated carbocycles. The Morgan fingerprint density at radius 1 is 1.05 bits per heavy atom. The SMILES string of the molecule is COc1ccc(CNC(=O)C[C@H]2N=C3c4ccccc4N=C(SCC(=O)c4ccc(F)cc4)N3C2=O)cc1. The summed E-state index contributed by atoms with van der Waals surface area (Å²) in [6, 6.07) is 19.0. The fourth-order valence-electron chi connectivity index (χ4n) is 4.07. The van der Waals surface area contributed by atoms with E-state index in [2.05, 4.69) is 15.3 Å². The average Bonchev–Trinajstić information content (AvgIpc) is 3.27. The van der Waals surface area contributed by atoms with Gasteiger partial charge in [-0.05, 0) is 54.1 Å². The van der Waals surface area contributed by atoms with Gasteiger partial charge in [0, 0.05) is 17.7 Å². The van der Waals surface area contributed by atoms with Crippen LogP contribution < -0.4 is 10.1 Å². The number of carbonyl (C=O) groups excluding carboxylic acids is 3. The summed E-state index contributed by atoms with van der Waals surface area (Å²) >= 11 is 1.10. The molecular formula is C28H23FN4O4S. The minimum absolute atomic E-state index is 0.00327. The quantitative estimate of drug-likeness (QED) is 0.442. The topological polar surface area (TPSA) is 100 Å². The average molecular weight is 531 g/mol. The van der Waals surface area contributed by atoms with E-state index in [1.54, 1.807) is 13.2 Å². The fourth-order valence-corrected chi connectivity index (χ4v) is 4.97. The number of hydrogen-bond acceptors (Lipinski definition) is 7. The highest BCUT2D eigenvalue weighted by Crippen LogP contribution is 2.34. The number of halogens is 1. The van der Waals surface area contributed by atoms with E-state index < -0.39 is 11.9 Å². The van der Waals surface area contributed by atoms with Gasteiger partial charge in [-0.25, -0.2) is 14.3 Å². The Hall–Kier alpha value is -4.31. The maximum Gasteiger partial charge on any atom is 0.259 e. The molecule has 1 N–H and O–H groups in total. The number of rotatable bonds is 8. The van der Waals surface area contributed by atoms with Gasteiger partial charge in [0.25, 0.3) is 5.91 Å². The van der Waals surface area contributed by atoms with Crippen molar-refractivity contribution >= 4 is 46.1 Å². The Labute approximate surface area is 222 Å². The molecule has 10 heteroatoms. The highest BCUT2D eigenvalue weighted by Gasteiger charge is 2.42. The summed E-state index contributed by atoms with van der Waals surface area (Å²) in [5.74, 6) is -0.217. The lowest BCUT2D eigenvalue weighted by molar-refractivity contribution is -0.128. The van der Waals surface area contributed by atoms with Gasteiger partial charge in [0.15, 0.2) is 11.0 Å². The van der Waals surface area contributed by atoms with Gasteiger partial charge in [-0.3, -0.25) is 19.4 Å². The summed E-state index contributed by atoms with van der Waals surface area (Å²) in [5, 5.41) is 3.14. The first-order chi connectivity index (χ1) is 18.4. The third-order valence-electron chi connectivity index (χ3n) is 6.07. The van der Waals surface area contributed by atoms with Crippen molar-refractivity contribution in [3.05, 3.63) is 95.3 Å². The van der Waals surface area contributed by atoms with Crippen LogP contribution in [0.3, 0.4) is 0 Å². The molecule has 3 aromatic rings. The minimum Gasteiger partial charge on any atom is -0.497 e. The summed E-state index contributed by atoms with van der Waals surface area (Å²) in [6.45, 7) is 0.306. The molecule has 5 rings (SSSR count). The Bertz CT molecular complexity index is 1450. The maximum absolute atomic E-state index is 13.4. The standard InChI is InChI=1S/C28H23FN4O4S/c1-37-20-12-6-17(7-13-20)15-30-25(35)14-23-27(36)33-26(31-23)21-4-2-3-5-22(21)32-28(33)38-16-24(34)18-8-10-19(29)11-9-18/h2-13,23H,14-16H2,1H3,(H,30,35)/t23-/m1/s1. The number of fused-ring (bicyclic) bond motifs is 3. The van der Waals surface area contributed by atoms with Crippen molar-refractivity contribution in [2.24, 2.45) is 9.98 Å². The number of amidine groups is 2. The van der Waals surface area contributed by atoms with Crippen molar-refractivity contribution in [2.75, 3.05) is 12.9 Å². The van der Waals surface area contributed by atoms with Crippen LogP contribution in [0.1, 0.15) is 27.9 Å². The first-order valence-corrected chi connectivity index (χ1v) is 12.8. The predicted molar refractivity (Wildman–Crippen MR) is 143 cm³/mol. The Morgan fingerprint density at radius 3 is 2.53 bits per heavy atom. The molecule has 2 amide bonds. The molecule has 2 aliphatic heterocycles. The number of ketones is 1. The van der Waals surface area contributed by atoms with Crippen LogP contribution in [-0.2, 0) is 16.1 Å². The van der Waals surface area contributed by atoms with Crippen molar-refractivity contribution in [2.45, 2.75) is 19.0 Å². The monoisotopic (exact) mass is 530 g/mol. The van der Waals surface area contributed by atoms with Crippen LogP contribution in [0.4, 0.5) is 10.1 Å². The summed E-state index contributed by atoms with van der Waals surface area (Å²) in [4.78, 5) is 49.3. The third-order valence-corrected chi connectivity index (χ3v) is 7.01. The number of carbonyl (C=O) groups is 3. The number of para-hydroxylation sites is 1. The number of nitrogens with zero attached hydrogens (tertiary/aromatic N) is 3. The van der Waals surface area contributed by atoms with Crippen LogP contribution in [0, 0.1) is 5.82 Å². The van der Waals surface area contributed by atoms with E-state index in [-0.39, 0.29) is 29.8 Å². The number of benzene rings is 3. The third kappa shape index (κ3) is 5.35. The number of nitrogens with one attached hydrogen (secondary N) is 1. The summed E-state index contributed by atoms with van der Waals surface area (Å²) < 4.78 is 18.4.